The van der Waals surface area contributed by atoms with Crippen LogP contribution in [0.15, 0.2) is 30.3 Å². The zero-order valence-electron chi connectivity index (χ0n) is 13.7. The third-order valence-corrected chi connectivity index (χ3v) is 6.04. The van der Waals surface area contributed by atoms with E-state index in [4.69, 9.17) is 0 Å². The second-order valence-electron chi connectivity index (χ2n) is 6.38. The molecule has 4 rings (SSSR count). The molecule has 128 valence electrons. The maximum atomic E-state index is 13.1. The number of fused-ring (bicyclic) bond motifs is 2. The van der Waals surface area contributed by atoms with Crippen molar-refractivity contribution in [2.45, 2.75) is 38.6 Å². The number of hydrogen-bond acceptors (Lipinski definition) is 3. The van der Waals surface area contributed by atoms with Crippen molar-refractivity contribution in [2.75, 3.05) is 18.0 Å². The summed E-state index contributed by atoms with van der Waals surface area (Å²) < 4.78 is 0. The number of para-hydroxylation sites is 1. The first-order valence-corrected chi connectivity index (χ1v) is 9.36. The molecule has 0 saturated carbocycles. The summed E-state index contributed by atoms with van der Waals surface area (Å²) >= 11 is 1.72. The summed E-state index contributed by atoms with van der Waals surface area (Å²) in [6.45, 7) is 2.41. The van der Waals surface area contributed by atoms with Crippen molar-refractivity contribution in [1.82, 2.24) is 5.32 Å². The van der Waals surface area contributed by atoms with Gasteiger partial charge in [0.1, 0.15) is 0 Å². The van der Waals surface area contributed by atoms with E-state index in [-0.39, 0.29) is 18.3 Å². The van der Waals surface area contributed by atoms with E-state index in [1.54, 1.807) is 11.3 Å². The highest BCUT2D eigenvalue weighted by Gasteiger charge is 2.24. The second-order valence-corrected chi connectivity index (χ2v) is 7.52. The topological polar surface area (TPSA) is 32.3 Å². The predicted octanol–water partition coefficient (Wildman–Crippen LogP) is 4.19. The lowest BCUT2D eigenvalue weighted by Gasteiger charge is -2.21. The Hall–Kier alpha value is -1.36. The normalized spacial score (nSPS) is 17.1. The van der Waals surface area contributed by atoms with Crippen molar-refractivity contribution in [3.8, 4) is 0 Å². The van der Waals surface area contributed by atoms with E-state index in [0.717, 1.165) is 43.0 Å². The molecular formula is C19H23ClN2OS. The largest absolute Gasteiger partial charge is 0.311 e. The van der Waals surface area contributed by atoms with Gasteiger partial charge in [-0.2, -0.15) is 0 Å². The van der Waals surface area contributed by atoms with E-state index in [0.29, 0.717) is 0 Å². The zero-order chi connectivity index (χ0) is 15.6. The van der Waals surface area contributed by atoms with Gasteiger partial charge in [-0.1, -0.05) is 24.6 Å². The molecule has 0 atom stereocenters. The van der Waals surface area contributed by atoms with Gasteiger partial charge in [-0.25, -0.2) is 0 Å². The summed E-state index contributed by atoms with van der Waals surface area (Å²) in [5.74, 6) is 0.166. The molecule has 0 unspecified atom stereocenters. The number of nitrogens with one attached hydrogen (secondary N) is 1. The minimum absolute atomic E-state index is 0. The third kappa shape index (κ3) is 3.37. The summed E-state index contributed by atoms with van der Waals surface area (Å²) in [7, 11) is 0. The highest BCUT2D eigenvalue weighted by Crippen LogP contribution is 2.31. The summed E-state index contributed by atoms with van der Waals surface area (Å²) in [4.78, 5) is 17.4. The number of hydrogen-bond donors (Lipinski definition) is 1. The van der Waals surface area contributed by atoms with Crippen LogP contribution in [-0.2, 0) is 19.4 Å². The summed E-state index contributed by atoms with van der Waals surface area (Å²) in [6.07, 6.45) is 6.12. The van der Waals surface area contributed by atoms with Crippen LogP contribution in [0.25, 0.3) is 0 Å². The Kier molecular flexibility index (Phi) is 5.59. The molecule has 1 aliphatic carbocycles. The Morgan fingerprint density at radius 2 is 1.92 bits per heavy atom. The van der Waals surface area contributed by atoms with E-state index in [2.05, 4.69) is 23.5 Å². The summed E-state index contributed by atoms with van der Waals surface area (Å²) in [6, 6.07) is 10.4. The molecular weight excluding hydrogens is 340 g/mol. The molecule has 2 aliphatic rings. The average Bonchev–Trinajstić information content (AvgIpc) is 2.75. The first kappa shape index (κ1) is 17.5. The molecule has 1 aromatic heterocycles. The van der Waals surface area contributed by atoms with Crippen LogP contribution in [0.1, 0.15) is 44.9 Å². The van der Waals surface area contributed by atoms with Crippen molar-refractivity contribution in [2.24, 2.45) is 0 Å². The van der Waals surface area contributed by atoms with Crippen molar-refractivity contribution >= 4 is 35.3 Å². The predicted molar refractivity (Wildman–Crippen MR) is 103 cm³/mol. The van der Waals surface area contributed by atoms with Crippen LogP contribution in [0.5, 0.6) is 0 Å². The number of amides is 1. The number of carbonyl (C=O) groups excluding carboxylic acids is 1. The van der Waals surface area contributed by atoms with Gasteiger partial charge in [0.25, 0.3) is 5.91 Å². The molecule has 1 aliphatic heterocycles. The molecule has 0 fully saturated rings. The zero-order valence-corrected chi connectivity index (χ0v) is 15.3. The Morgan fingerprint density at radius 1 is 1.08 bits per heavy atom. The SMILES string of the molecule is Cl.O=C(c1cc2c(s1)CCCCC2)N1CCNCc2ccccc21. The molecule has 0 radical (unpaired) electrons. The van der Waals surface area contributed by atoms with Gasteiger partial charge < -0.3 is 10.2 Å². The number of benzene rings is 1. The fourth-order valence-electron chi connectivity index (χ4n) is 3.57. The molecule has 1 amide bonds. The summed E-state index contributed by atoms with van der Waals surface area (Å²) in [5, 5.41) is 3.41. The van der Waals surface area contributed by atoms with E-state index >= 15 is 0 Å². The van der Waals surface area contributed by atoms with Crippen LogP contribution in [0.3, 0.4) is 0 Å². The maximum absolute atomic E-state index is 13.1. The number of thiophene rings is 1. The van der Waals surface area contributed by atoms with Crippen LogP contribution in [0, 0.1) is 0 Å². The van der Waals surface area contributed by atoms with E-state index < -0.39 is 0 Å². The van der Waals surface area contributed by atoms with Crippen LogP contribution < -0.4 is 10.2 Å². The van der Waals surface area contributed by atoms with E-state index in [1.165, 1.54) is 35.3 Å². The smallest absolute Gasteiger partial charge is 0.268 e. The standard InChI is InChI=1S/C19H22N2OS.ClH/c22-19(18-12-14-6-2-1-3-9-17(14)23-18)21-11-10-20-13-15-7-4-5-8-16(15)21;/h4-5,7-8,12,20H,1-3,6,9-11,13H2;1H. The van der Waals surface area contributed by atoms with Crippen molar-refractivity contribution < 1.29 is 4.79 Å². The Balaban J connectivity index is 0.00000169. The number of halogens is 1. The number of rotatable bonds is 1. The lowest BCUT2D eigenvalue weighted by molar-refractivity contribution is 0.0991. The van der Waals surface area contributed by atoms with Gasteiger partial charge in [-0.3, -0.25) is 4.79 Å². The number of nitrogens with zero attached hydrogens (tertiary/aromatic N) is 1. The van der Waals surface area contributed by atoms with Gasteiger partial charge in [0.05, 0.1) is 4.88 Å². The van der Waals surface area contributed by atoms with Crippen molar-refractivity contribution in [3.05, 3.63) is 51.2 Å². The maximum Gasteiger partial charge on any atom is 0.268 e. The van der Waals surface area contributed by atoms with E-state index in [9.17, 15) is 4.79 Å². The molecule has 0 spiro atoms. The molecule has 1 N–H and O–H groups in total. The van der Waals surface area contributed by atoms with Gasteiger partial charge in [0.15, 0.2) is 0 Å². The van der Waals surface area contributed by atoms with Gasteiger partial charge in [-0.05, 0) is 48.9 Å². The molecule has 2 aromatic rings. The van der Waals surface area contributed by atoms with Gasteiger partial charge >= 0.3 is 0 Å². The molecule has 2 heterocycles. The molecule has 0 bridgehead atoms. The second kappa shape index (κ2) is 7.68. The van der Waals surface area contributed by atoms with Crippen LogP contribution in [0.2, 0.25) is 0 Å². The lowest BCUT2D eigenvalue weighted by Crippen LogP contribution is -2.34. The Bertz CT molecular complexity index is 704. The van der Waals surface area contributed by atoms with Gasteiger partial charge in [0.2, 0.25) is 0 Å². The van der Waals surface area contributed by atoms with Gasteiger partial charge in [0, 0.05) is 30.2 Å². The van der Waals surface area contributed by atoms with Gasteiger partial charge in [-0.15, -0.1) is 23.7 Å². The van der Waals surface area contributed by atoms with Crippen LogP contribution in [0.4, 0.5) is 5.69 Å². The molecule has 24 heavy (non-hydrogen) atoms. The lowest BCUT2D eigenvalue weighted by atomic mass is 10.1. The van der Waals surface area contributed by atoms with Crippen molar-refractivity contribution in [3.63, 3.8) is 0 Å². The van der Waals surface area contributed by atoms with E-state index in [1.807, 2.05) is 17.0 Å². The first-order valence-electron chi connectivity index (χ1n) is 8.55. The first-order chi connectivity index (χ1) is 11.3. The Morgan fingerprint density at radius 3 is 2.83 bits per heavy atom. The number of aryl methyl sites for hydroxylation is 2. The molecule has 5 heteroatoms. The van der Waals surface area contributed by atoms with Crippen LogP contribution in [-0.4, -0.2) is 19.0 Å². The van der Waals surface area contributed by atoms with Crippen LogP contribution >= 0.6 is 23.7 Å². The quantitative estimate of drug-likeness (QED) is 0.771. The number of carbonyl (C=O) groups is 1. The molecule has 3 nitrogen and oxygen atoms in total. The highest BCUT2D eigenvalue weighted by atomic mass is 35.5. The highest BCUT2D eigenvalue weighted by molar-refractivity contribution is 7.14. The third-order valence-electron chi connectivity index (χ3n) is 4.81. The minimum Gasteiger partial charge on any atom is -0.311 e. The minimum atomic E-state index is 0. The fourth-order valence-corrected chi connectivity index (χ4v) is 4.78. The summed E-state index contributed by atoms with van der Waals surface area (Å²) in [5.41, 5.74) is 3.68. The average molecular weight is 363 g/mol. The van der Waals surface area contributed by atoms with Crippen molar-refractivity contribution in [1.29, 1.82) is 0 Å². The fraction of sp³-hybridized carbons (Fsp3) is 0.421. The number of anilines is 1. The molecule has 1 aromatic carbocycles. The monoisotopic (exact) mass is 362 g/mol. The Labute approximate surface area is 153 Å². The molecule has 0 saturated heterocycles.